The molecule has 1 aromatic heterocycles. The van der Waals surface area contributed by atoms with Gasteiger partial charge in [0.15, 0.2) is 12.2 Å². The van der Waals surface area contributed by atoms with Gasteiger partial charge in [0.2, 0.25) is 5.78 Å². The van der Waals surface area contributed by atoms with Crippen LogP contribution >= 0.6 is 0 Å². The van der Waals surface area contributed by atoms with E-state index in [4.69, 9.17) is 0 Å². The fourth-order valence-corrected chi connectivity index (χ4v) is 3.01. The second-order valence-corrected chi connectivity index (χ2v) is 6.49. The van der Waals surface area contributed by atoms with Crippen LogP contribution in [0.25, 0.3) is 22.4 Å². The van der Waals surface area contributed by atoms with Crippen LogP contribution in [-0.2, 0) is 6.54 Å². The standard InChI is InChI=1S/C24H18FN2O.BrH/c25-22-12-10-21(11-13-22)24(28)16-27-15-14-23(26-17-27)20-8-6-19(7-9-20)18-4-2-1-3-5-18;/h1-15,17H,16H2;1H/q+1;/p-1. The molecule has 0 saturated heterocycles. The molecule has 0 N–H and O–H groups in total. The van der Waals surface area contributed by atoms with Gasteiger partial charge in [-0.15, -0.1) is 0 Å². The van der Waals surface area contributed by atoms with Crippen molar-refractivity contribution >= 4 is 5.78 Å². The Morgan fingerprint density at radius 2 is 1.41 bits per heavy atom. The number of hydrogen-bond donors (Lipinski definition) is 0. The predicted octanol–water partition coefficient (Wildman–Crippen LogP) is 1.73. The molecule has 3 nitrogen and oxygen atoms in total. The van der Waals surface area contributed by atoms with E-state index in [1.165, 1.54) is 29.8 Å². The van der Waals surface area contributed by atoms with Crippen molar-refractivity contribution in [1.82, 2.24) is 4.98 Å². The van der Waals surface area contributed by atoms with Crippen LogP contribution in [0.5, 0.6) is 0 Å². The summed E-state index contributed by atoms with van der Waals surface area (Å²) >= 11 is 0. The highest BCUT2D eigenvalue weighted by molar-refractivity contribution is 5.94. The number of Topliss-reactive ketones (excluding diaryl/α,β-unsaturated/α-hetero) is 1. The van der Waals surface area contributed by atoms with Crippen molar-refractivity contribution in [3.63, 3.8) is 0 Å². The average Bonchev–Trinajstić information content (AvgIpc) is 2.75. The molecule has 0 unspecified atom stereocenters. The first-order chi connectivity index (χ1) is 13.7. The minimum absolute atomic E-state index is 0. The lowest BCUT2D eigenvalue weighted by Crippen LogP contribution is -3.00. The van der Waals surface area contributed by atoms with Crippen LogP contribution < -0.4 is 21.5 Å². The third-order valence-electron chi connectivity index (χ3n) is 4.55. The van der Waals surface area contributed by atoms with E-state index in [2.05, 4.69) is 29.2 Å². The Balaban J connectivity index is 0.00000240. The first-order valence-corrected chi connectivity index (χ1v) is 8.99. The molecule has 0 aliphatic heterocycles. The SMILES string of the molecule is O=C(C[n+]1ccc(-c2ccc(-c3ccccc3)cc2)nc1)c1ccc(F)cc1.[Br-]. The molecule has 0 aliphatic rings. The van der Waals surface area contributed by atoms with Crippen LogP contribution in [0.3, 0.4) is 0 Å². The molecule has 144 valence electrons. The Hall–Kier alpha value is -3.18. The summed E-state index contributed by atoms with van der Waals surface area (Å²) in [7, 11) is 0. The van der Waals surface area contributed by atoms with Gasteiger partial charge in [-0.25, -0.2) is 8.96 Å². The van der Waals surface area contributed by atoms with E-state index in [1.807, 2.05) is 42.6 Å². The van der Waals surface area contributed by atoms with Gasteiger partial charge < -0.3 is 17.0 Å². The largest absolute Gasteiger partial charge is 1.00 e. The molecular weight excluding hydrogens is 431 g/mol. The molecule has 0 atom stereocenters. The molecule has 29 heavy (non-hydrogen) atoms. The number of benzene rings is 3. The molecule has 1 heterocycles. The monoisotopic (exact) mass is 448 g/mol. The predicted molar refractivity (Wildman–Crippen MR) is 106 cm³/mol. The van der Waals surface area contributed by atoms with Crippen LogP contribution in [0.4, 0.5) is 4.39 Å². The Morgan fingerprint density at radius 1 is 0.793 bits per heavy atom. The maximum atomic E-state index is 13.0. The van der Waals surface area contributed by atoms with E-state index >= 15 is 0 Å². The third-order valence-corrected chi connectivity index (χ3v) is 4.55. The highest BCUT2D eigenvalue weighted by Gasteiger charge is 2.12. The fraction of sp³-hybridized carbons (Fsp3) is 0.0417. The summed E-state index contributed by atoms with van der Waals surface area (Å²) in [5.74, 6) is -0.444. The van der Waals surface area contributed by atoms with Crippen LogP contribution in [0.1, 0.15) is 10.4 Å². The maximum absolute atomic E-state index is 13.0. The Morgan fingerprint density at radius 3 is 2.03 bits per heavy atom. The number of halogens is 2. The molecule has 5 heteroatoms. The van der Waals surface area contributed by atoms with E-state index in [0.717, 1.165) is 16.8 Å². The Bertz CT molecular complexity index is 1080. The molecule has 4 rings (SSSR count). The summed E-state index contributed by atoms with van der Waals surface area (Å²) in [5.41, 5.74) is 4.66. The van der Waals surface area contributed by atoms with Crippen molar-refractivity contribution in [3.05, 3.63) is 109 Å². The molecule has 0 saturated carbocycles. The first kappa shape index (κ1) is 20.6. The van der Waals surface area contributed by atoms with Gasteiger partial charge in [-0.2, -0.15) is 0 Å². The molecule has 0 amide bonds. The number of carbonyl (C=O) groups is 1. The number of ketones is 1. The molecule has 0 fully saturated rings. The van der Waals surface area contributed by atoms with Crippen molar-refractivity contribution in [2.24, 2.45) is 0 Å². The van der Waals surface area contributed by atoms with Crippen LogP contribution in [0.15, 0.2) is 97.5 Å². The van der Waals surface area contributed by atoms with Crippen LogP contribution in [-0.4, -0.2) is 10.8 Å². The lowest BCUT2D eigenvalue weighted by Gasteiger charge is -2.03. The number of nitrogens with zero attached hydrogens (tertiary/aromatic N) is 2. The van der Waals surface area contributed by atoms with Gasteiger partial charge in [-0.3, -0.25) is 4.79 Å². The van der Waals surface area contributed by atoms with Crippen molar-refractivity contribution in [2.75, 3.05) is 0 Å². The molecule has 0 bridgehead atoms. The quantitative estimate of drug-likeness (QED) is 0.344. The first-order valence-electron chi connectivity index (χ1n) is 8.99. The average molecular weight is 449 g/mol. The fourth-order valence-electron chi connectivity index (χ4n) is 3.01. The second-order valence-electron chi connectivity index (χ2n) is 6.49. The van der Waals surface area contributed by atoms with Gasteiger partial charge in [0.25, 0.3) is 6.33 Å². The van der Waals surface area contributed by atoms with Crippen molar-refractivity contribution in [3.8, 4) is 22.4 Å². The zero-order valence-corrected chi connectivity index (χ0v) is 17.1. The van der Waals surface area contributed by atoms with Gasteiger partial charge in [-0.05, 0) is 52.5 Å². The highest BCUT2D eigenvalue weighted by Crippen LogP contribution is 2.23. The molecule has 0 aliphatic carbocycles. The maximum Gasteiger partial charge on any atom is 0.287 e. The Kier molecular flexibility index (Phi) is 6.62. The lowest BCUT2D eigenvalue weighted by atomic mass is 10.0. The van der Waals surface area contributed by atoms with E-state index in [9.17, 15) is 9.18 Å². The van der Waals surface area contributed by atoms with Gasteiger partial charge in [0.05, 0.1) is 6.20 Å². The van der Waals surface area contributed by atoms with Crippen molar-refractivity contribution in [2.45, 2.75) is 6.54 Å². The third kappa shape index (κ3) is 5.00. The minimum Gasteiger partial charge on any atom is -1.00 e. The zero-order chi connectivity index (χ0) is 19.3. The summed E-state index contributed by atoms with van der Waals surface area (Å²) in [6.07, 6.45) is 3.47. The molecule has 3 aromatic carbocycles. The van der Waals surface area contributed by atoms with E-state index in [1.54, 1.807) is 10.9 Å². The summed E-state index contributed by atoms with van der Waals surface area (Å²) < 4.78 is 14.7. The number of aromatic nitrogens is 2. The highest BCUT2D eigenvalue weighted by atomic mass is 79.9. The number of rotatable bonds is 5. The summed E-state index contributed by atoms with van der Waals surface area (Å²) in [6, 6.07) is 25.9. The van der Waals surface area contributed by atoms with E-state index in [0.29, 0.717) is 5.56 Å². The zero-order valence-electron chi connectivity index (χ0n) is 15.5. The number of carbonyl (C=O) groups excluding carboxylic acids is 1. The normalized spacial score (nSPS) is 10.2. The van der Waals surface area contributed by atoms with Crippen LogP contribution in [0.2, 0.25) is 0 Å². The smallest absolute Gasteiger partial charge is 0.287 e. The summed E-state index contributed by atoms with van der Waals surface area (Å²) in [6.45, 7) is 0.159. The van der Waals surface area contributed by atoms with Gasteiger partial charge in [-0.1, -0.05) is 42.5 Å². The Labute approximate surface area is 179 Å². The molecule has 0 spiro atoms. The molecule has 0 radical (unpaired) electrons. The summed E-state index contributed by atoms with van der Waals surface area (Å²) in [5, 5.41) is 0. The van der Waals surface area contributed by atoms with Crippen molar-refractivity contribution < 1.29 is 30.7 Å². The van der Waals surface area contributed by atoms with Crippen molar-refractivity contribution in [1.29, 1.82) is 0 Å². The van der Waals surface area contributed by atoms with Crippen LogP contribution in [0, 0.1) is 5.82 Å². The van der Waals surface area contributed by atoms with E-state index < -0.39 is 0 Å². The lowest BCUT2D eigenvalue weighted by molar-refractivity contribution is -0.686. The number of hydrogen-bond acceptors (Lipinski definition) is 2. The van der Waals surface area contributed by atoms with Gasteiger partial charge >= 0.3 is 0 Å². The second kappa shape index (κ2) is 9.34. The summed E-state index contributed by atoms with van der Waals surface area (Å²) in [4.78, 5) is 16.7. The molecule has 4 aromatic rings. The van der Waals surface area contributed by atoms with Gasteiger partial charge in [0, 0.05) is 17.2 Å². The van der Waals surface area contributed by atoms with Gasteiger partial charge in [0.1, 0.15) is 5.82 Å². The minimum atomic E-state index is -0.353. The molecular formula is C24H18BrFN2O. The topological polar surface area (TPSA) is 33.8 Å². The van der Waals surface area contributed by atoms with E-state index in [-0.39, 0.29) is 35.1 Å².